The lowest BCUT2D eigenvalue weighted by molar-refractivity contribution is 0.0593. The molecule has 0 aliphatic carbocycles. The fourth-order valence-corrected chi connectivity index (χ4v) is 2.16. The molecule has 1 saturated heterocycles. The SMILES string of the molecule is N#Cc1c[nH]c(C(=O)N2CC(c3cc(=O)[nH][nH]3)C2)c1. The number of aromatic amines is 3. The summed E-state index contributed by atoms with van der Waals surface area (Å²) >= 11 is 0. The quantitative estimate of drug-likeness (QED) is 0.712. The first-order valence-electron chi connectivity index (χ1n) is 5.83. The number of nitrogens with zero attached hydrogens (tertiary/aromatic N) is 2. The second-order valence-electron chi connectivity index (χ2n) is 4.53. The van der Waals surface area contributed by atoms with Gasteiger partial charge in [0.15, 0.2) is 0 Å². The molecule has 2 aromatic rings. The Hall–Kier alpha value is -2.75. The summed E-state index contributed by atoms with van der Waals surface area (Å²) in [5, 5.41) is 14.0. The van der Waals surface area contributed by atoms with Gasteiger partial charge in [-0.2, -0.15) is 5.26 Å². The summed E-state index contributed by atoms with van der Waals surface area (Å²) in [5.41, 5.74) is 1.51. The molecule has 3 N–H and O–H groups in total. The van der Waals surface area contributed by atoms with Crippen molar-refractivity contribution in [2.24, 2.45) is 0 Å². The van der Waals surface area contributed by atoms with Crippen molar-refractivity contribution in [2.45, 2.75) is 5.92 Å². The van der Waals surface area contributed by atoms with Gasteiger partial charge >= 0.3 is 0 Å². The average Bonchev–Trinajstić information content (AvgIpc) is 2.96. The van der Waals surface area contributed by atoms with Crippen LogP contribution in [0.3, 0.4) is 0 Å². The number of amides is 1. The summed E-state index contributed by atoms with van der Waals surface area (Å²) in [4.78, 5) is 27.5. The Morgan fingerprint density at radius 1 is 1.37 bits per heavy atom. The van der Waals surface area contributed by atoms with E-state index in [1.165, 1.54) is 18.3 Å². The van der Waals surface area contributed by atoms with E-state index in [1.54, 1.807) is 4.90 Å². The highest BCUT2D eigenvalue weighted by molar-refractivity contribution is 5.93. The molecule has 0 atom stereocenters. The number of nitriles is 1. The zero-order valence-electron chi connectivity index (χ0n) is 9.93. The van der Waals surface area contributed by atoms with Crippen molar-refractivity contribution in [1.29, 1.82) is 5.26 Å². The molecule has 0 spiro atoms. The Bertz CT molecular complexity index is 711. The Balaban J connectivity index is 1.66. The van der Waals surface area contributed by atoms with Gasteiger partial charge in [-0.1, -0.05) is 0 Å². The maximum Gasteiger partial charge on any atom is 0.270 e. The molecule has 19 heavy (non-hydrogen) atoms. The van der Waals surface area contributed by atoms with Crippen LogP contribution in [0.2, 0.25) is 0 Å². The van der Waals surface area contributed by atoms with Crippen LogP contribution in [-0.4, -0.2) is 39.1 Å². The highest BCUT2D eigenvalue weighted by Crippen LogP contribution is 2.25. The Labute approximate surface area is 107 Å². The van der Waals surface area contributed by atoms with Crippen LogP contribution in [0.4, 0.5) is 0 Å². The highest BCUT2D eigenvalue weighted by Gasteiger charge is 2.33. The fraction of sp³-hybridized carbons (Fsp3) is 0.250. The van der Waals surface area contributed by atoms with Gasteiger partial charge in [0.05, 0.1) is 5.56 Å². The van der Waals surface area contributed by atoms with Gasteiger partial charge < -0.3 is 15.0 Å². The van der Waals surface area contributed by atoms with Crippen molar-refractivity contribution in [1.82, 2.24) is 20.1 Å². The van der Waals surface area contributed by atoms with Crippen LogP contribution in [0.5, 0.6) is 0 Å². The molecule has 1 aliphatic rings. The van der Waals surface area contributed by atoms with Crippen molar-refractivity contribution < 1.29 is 4.79 Å². The molecule has 0 radical (unpaired) electrons. The second kappa shape index (κ2) is 4.17. The molecule has 0 unspecified atom stereocenters. The van der Waals surface area contributed by atoms with Crippen LogP contribution in [0.25, 0.3) is 0 Å². The molecular weight excluding hydrogens is 246 g/mol. The molecule has 7 heteroatoms. The molecule has 7 nitrogen and oxygen atoms in total. The van der Waals surface area contributed by atoms with Crippen molar-refractivity contribution in [2.75, 3.05) is 13.1 Å². The minimum atomic E-state index is -0.164. The fourth-order valence-electron chi connectivity index (χ4n) is 2.16. The predicted molar refractivity (Wildman–Crippen MR) is 65.6 cm³/mol. The van der Waals surface area contributed by atoms with Crippen molar-refractivity contribution in [3.8, 4) is 6.07 Å². The molecule has 3 rings (SSSR count). The highest BCUT2D eigenvalue weighted by atomic mass is 16.2. The number of hydrogen-bond acceptors (Lipinski definition) is 3. The van der Waals surface area contributed by atoms with E-state index in [9.17, 15) is 9.59 Å². The number of H-pyrrole nitrogens is 3. The minimum absolute atomic E-state index is 0.129. The van der Waals surface area contributed by atoms with Gasteiger partial charge in [-0.3, -0.25) is 14.7 Å². The van der Waals surface area contributed by atoms with E-state index in [2.05, 4.69) is 15.2 Å². The number of nitrogens with one attached hydrogen (secondary N) is 3. The van der Waals surface area contributed by atoms with Crippen LogP contribution in [0.15, 0.2) is 23.1 Å². The molecule has 0 bridgehead atoms. The first kappa shape index (κ1) is 11.3. The largest absolute Gasteiger partial charge is 0.356 e. The van der Waals surface area contributed by atoms with E-state index in [-0.39, 0.29) is 17.4 Å². The number of aromatic nitrogens is 3. The molecule has 1 amide bonds. The van der Waals surface area contributed by atoms with Gasteiger partial charge in [0.25, 0.3) is 11.5 Å². The third-order valence-corrected chi connectivity index (χ3v) is 3.27. The van der Waals surface area contributed by atoms with Crippen LogP contribution >= 0.6 is 0 Å². The summed E-state index contributed by atoms with van der Waals surface area (Å²) in [6, 6.07) is 5.01. The topological polar surface area (TPSA) is 109 Å². The third kappa shape index (κ3) is 1.93. The zero-order chi connectivity index (χ0) is 13.4. The Morgan fingerprint density at radius 2 is 2.16 bits per heavy atom. The van der Waals surface area contributed by atoms with E-state index in [4.69, 9.17) is 5.26 Å². The molecule has 0 aromatic carbocycles. The normalized spacial score (nSPS) is 15.0. The van der Waals surface area contributed by atoms with Gasteiger partial charge in [0.1, 0.15) is 11.8 Å². The maximum atomic E-state index is 12.0. The third-order valence-electron chi connectivity index (χ3n) is 3.27. The standard InChI is InChI=1S/C12H11N5O2/c13-3-7-1-10(14-4-7)12(19)17-5-8(6-17)9-2-11(18)16-15-9/h1-2,4,8,14H,5-6H2,(H2,15,16,18). The first-order valence-corrected chi connectivity index (χ1v) is 5.83. The zero-order valence-corrected chi connectivity index (χ0v) is 9.93. The van der Waals surface area contributed by atoms with Crippen LogP contribution in [-0.2, 0) is 0 Å². The first-order chi connectivity index (χ1) is 9.17. The summed E-state index contributed by atoms with van der Waals surface area (Å²) in [7, 11) is 0. The lowest BCUT2D eigenvalue weighted by Crippen LogP contribution is -2.48. The molecule has 96 valence electrons. The van der Waals surface area contributed by atoms with E-state index in [0.29, 0.717) is 24.3 Å². The van der Waals surface area contributed by atoms with Crippen LogP contribution < -0.4 is 5.56 Å². The lowest BCUT2D eigenvalue weighted by atomic mass is 9.96. The summed E-state index contributed by atoms with van der Waals surface area (Å²) < 4.78 is 0. The number of rotatable bonds is 2. The van der Waals surface area contributed by atoms with Crippen molar-refractivity contribution >= 4 is 5.91 Å². The van der Waals surface area contributed by atoms with Crippen LogP contribution in [0, 0.1) is 11.3 Å². The number of carbonyl (C=O) groups is 1. The van der Waals surface area contributed by atoms with Gasteiger partial charge in [0, 0.05) is 37.0 Å². The van der Waals surface area contributed by atoms with Gasteiger partial charge in [0.2, 0.25) is 0 Å². The van der Waals surface area contributed by atoms with Crippen molar-refractivity contribution in [3.05, 3.63) is 45.6 Å². The molecule has 0 saturated carbocycles. The van der Waals surface area contributed by atoms with Gasteiger partial charge in [-0.15, -0.1) is 0 Å². The summed E-state index contributed by atoms with van der Waals surface area (Å²) in [5.74, 6) is 0.0314. The summed E-state index contributed by atoms with van der Waals surface area (Å²) in [6.45, 7) is 1.13. The molecule has 3 heterocycles. The van der Waals surface area contributed by atoms with Crippen LogP contribution in [0.1, 0.15) is 27.7 Å². The van der Waals surface area contributed by atoms with E-state index < -0.39 is 0 Å². The van der Waals surface area contributed by atoms with E-state index >= 15 is 0 Å². The molecule has 1 fully saturated rings. The average molecular weight is 257 g/mol. The maximum absolute atomic E-state index is 12.0. The molecule has 2 aromatic heterocycles. The van der Waals surface area contributed by atoms with Crippen molar-refractivity contribution in [3.63, 3.8) is 0 Å². The Morgan fingerprint density at radius 3 is 2.74 bits per heavy atom. The monoisotopic (exact) mass is 257 g/mol. The Kier molecular flexibility index (Phi) is 2.49. The van der Waals surface area contributed by atoms with E-state index in [0.717, 1.165) is 5.69 Å². The van der Waals surface area contributed by atoms with Gasteiger partial charge in [-0.05, 0) is 6.07 Å². The molecule has 1 aliphatic heterocycles. The van der Waals surface area contributed by atoms with E-state index in [1.807, 2.05) is 6.07 Å². The lowest BCUT2D eigenvalue weighted by Gasteiger charge is -2.38. The number of carbonyl (C=O) groups excluding carboxylic acids is 1. The number of hydrogen-bond donors (Lipinski definition) is 3. The molecular formula is C12H11N5O2. The van der Waals surface area contributed by atoms with Gasteiger partial charge in [-0.25, -0.2) is 0 Å². The predicted octanol–water partition coefficient (Wildman–Crippen LogP) is 0.142. The second-order valence-corrected chi connectivity index (χ2v) is 4.53. The minimum Gasteiger partial charge on any atom is -0.356 e. The summed E-state index contributed by atoms with van der Waals surface area (Å²) in [6.07, 6.45) is 1.51. The smallest absolute Gasteiger partial charge is 0.270 e. The number of likely N-dealkylation sites (tertiary alicyclic amines) is 1.